The van der Waals surface area contributed by atoms with Crippen molar-refractivity contribution >= 4 is 33.7 Å². The number of pyridine rings is 1. The van der Waals surface area contributed by atoms with E-state index in [2.05, 4.69) is 11.1 Å². The second-order valence-electron chi connectivity index (χ2n) is 5.56. The molecule has 0 radical (unpaired) electrons. The van der Waals surface area contributed by atoms with E-state index in [0.29, 0.717) is 19.5 Å². The topological polar surface area (TPSA) is 50.3 Å². The summed E-state index contributed by atoms with van der Waals surface area (Å²) in [7, 11) is 0. The largest absolute Gasteiger partial charge is 0.341 e. The van der Waals surface area contributed by atoms with Gasteiger partial charge in [-0.25, -0.2) is 0 Å². The van der Waals surface area contributed by atoms with Crippen molar-refractivity contribution in [1.29, 1.82) is 0 Å². The molecule has 1 saturated heterocycles. The zero-order valence-corrected chi connectivity index (χ0v) is 13.3. The van der Waals surface area contributed by atoms with Gasteiger partial charge in [-0.15, -0.1) is 0 Å². The van der Waals surface area contributed by atoms with Gasteiger partial charge < -0.3 is 4.90 Å². The summed E-state index contributed by atoms with van der Waals surface area (Å²) in [5.41, 5.74) is 2.12. The van der Waals surface area contributed by atoms with E-state index in [1.165, 1.54) is 11.8 Å². The summed E-state index contributed by atoms with van der Waals surface area (Å²) in [4.78, 5) is 29.4. The maximum absolute atomic E-state index is 12.0. The summed E-state index contributed by atoms with van der Waals surface area (Å²) in [6.45, 7) is 2.91. The molecule has 1 fully saturated rings. The highest BCUT2D eigenvalue weighted by Crippen LogP contribution is 2.24. The van der Waals surface area contributed by atoms with E-state index in [1.54, 1.807) is 6.92 Å². The third-order valence-electron chi connectivity index (χ3n) is 3.83. The van der Waals surface area contributed by atoms with E-state index < -0.39 is 0 Å². The van der Waals surface area contributed by atoms with Gasteiger partial charge in [-0.1, -0.05) is 30.0 Å². The van der Waals surface area contributed by atoms with Gasteiger partial charge in [0.05, 0.1) is 5.52 Å². The van der Waals surface area contributed by atoms with Crippen molar-refractivity contribution in [2.45, 2.75) is 25.0 Å². The van der Waals surface area contributed by atoms with Gasteiger partial charge in [0.2, 0.25) is 5.91 Å². The molecule has 1 aromatic heterocycles. The van der Waals surface area contributed by atoms with Crippen LogP contribution in [-0.2, 0) is 16.0 Å². The van der Waals surface area contributed by atoms with Crippen molar-refractivity contribution < 1.29 is 9.59 Å². The first-order valence-electron chi connectivity index (χ1n) is 7.40. The van der Waals surface area contributed by atoms with Crippen LogP contribution in [0.2, 0.25) is 0 Å². The van der Waals surface area contributed by atoms with E-state index >= 15 is 0 Å². The van der Waals surface area contributed by atoms with Gasteiger partial charge in [0, 0.05) is 43.3 Å². The number of carbonyl (C=O) groups excluding carboxylic acids is 2. The Morgan fingerprint density at radius 1 is 1.41 bits per heavy atom. The minimum Gasteiger partial charge on any atom is -0.341 e. The minimum absolute atomic E-state index is 0.0818. The monoisotopic (exact) mass is 314 g/mol. The second-order valence-corrected chi connectivity index (χ2v) is 7.04. The Labute approximate surface area is 133 Å². The van der Waals surface area contributed by atoms with E-state index in [-0.39, 0.29) is 16.3 Å². The molecular weight excluding hydrogens is 296 g/mol. The molecule has 2 heterocycles. The number of nitrogens with zero attached hydrogens (tertiary/aromatic N) is 2. The van der Waals surface area contributed by atoms with Crippen molar-refractivity contribution in [3.63, 3.8) is 0 Å². The highest BCUT2D eigenvalue weighted by molar-refractivity contribution is 8.14. The summed E-state index contributed by atoms with van der Waals surface area (Å²) in [6, 6.07) is 10.1. The fourth-order valence-electron chi connectivity index (χ4n) is 2.78. The molecule has 0 saturated carbocycles. The average Bonchev–Trinajstić information content (AvgIpc) is 2.84. The lowest BCUT2D eigenvalue weighted by molar-refractivity contribution is -0.127. The van der Waals surface area contributed by atoms with E-state index in [1.807, 2.05) is 35.4 Å². The van der Waals surface area contributed by atoms with Crippen LogP contribution in [0, 0.1) is 0 Å². The van der Waals surface area contributed by atoms with Crippen molar-refractivity contribution in [2.24, 2.45) is 0 Å². The smallest absolute Gasteiger partial charge is 0.223 e. The van der Waals surface area contributed by atoms with Crippen LogP contribution < -0.4 is 0 Å². The number of para-hydroxylation sites is 1. The summed E-state index contributed by atoms with van der Waals surface area (Å²) < 4.78 is 0. The van der Waals surface area contributed by atoms with Crippen LogP contribution in [0.25, 0.3) is 10.9 Å². The molecular formula is C17H18N2O2S. The second kappa shape index (κ2) is 6.48. The normalized spacial score (nSPS) is 18.1. The lowest BCUT2D eigenvalue weighted by atomic mass is 10.1. The predicted octanol–water partition coefficient (Wildman–Crippen LogP) is 2.66. The third-order valence-corrected chi connectivity index (χ3v) is 4.81. The van der Waals surface area contributed by atoms with Crippen LogP contribution in [0.1, 0.15) is 18.9 Å². The molecule has 1 aliphatic rings. The average molecular weight is 314 g/mol. The number of likely N-dealkylation sites (tertiary alicyclic amines) is 1. The van der Waals surface area contributed by atoms with Crippen molar-refractivity contribution in [3.8, 4) is 0 Å². The van der Waals surface area contributed by atoms with Crippen LogP contribution in [-0.4, -0.2) is 39.2 Å². The highest BCUT2D eigenvalue weighted by Gasteiger charge is 2.30. The van der Waals surface area contributed by atoms with Gasteiger partial charge >= 0.3 is 0 Å². The number of aromatic nitrogens is 1. The number of benzene rings is 1. The quantitative estimate of drug-likeness (QED) is 0.870. The number of fused-ring (bicyclic) bond motifs is 1. The minimum atomic E-state index is 0.0818. The number of amides is 1. The molecule has 22 heavy (non-hydrogen) atoms. The van der Waals surface area contributed by atoms with Gasteiger partial charge in [0.15, 0.2) is 5.12 Å². The summed E-state index contributed by atoms with van der Waals surface area (Å²) in [5, 5.41) is 1.32. The molecule has 3 rings (SSSR count). The molecule has 1 amide bonds. The molecule has 1 aliphatic heterocycles. The van der Waals surface area contributed by atoms with Gasteiger partial charge in [-0.05, 0) is 24.1 Å². The third kappa shape index (κ3) is 3.47. The Morgan fingerprint density at radius 2 is 2.23 bits per heavy atom. The standard InChI is InChI=1S/C17H18N2O2S/c1-12(20)22-15-9-17(21)19(11-15)7-6-13-8-14-4-2-3-5-16(14)18-10-13/h2-5,8,10,15H,6-7,9,11H2,1H3. The number of carbonyl (C=O) groups is 2. The molecule has 1 atom stereocenters. The molecule has 114 valence electrons. The Morgan fingerprint density at radius 3 is 3.05 bits per heavy atom. The zero-order valence-electron chi connectivity index (χ0n) is 12.5. The molecule has 2 aromatic rings. The maximum Gasteiger partial charge on any atom is 0.223 e. The van der Waals surface area contributed by atoms with Gasteiger partial charge in [-0.2, -0.15) is 0 Å². The SMILES string of the molecule is CC(=O)SC1CC(=O)N(CCc2cnc3ccccc3c2)C1. The summed E-state index contributed by atoms with van der Waals surface area (Å²) in [5.74, 6) is 0.146. The highest BCUT2D eigenvalue weighted by atomic mass is 32.2. The van der Waals surface area contributed by atoms with Gasteiger partial charge in [0.1, 0.15) is 0 Å². The lowest BCUT2D eigenvalue weighted by Crippen LogP contribution is -2.28. The lowest BCUT2D eigenvalue weighted by Gasteiger charge is -2.16. The first-order valence-corrected chi connectivity index (χ1v) is 8.28. The van der Waals surface area contributed by atoms with Crippen LogP contribution in [0.5, 0.6) is 0 Å². The Balaban J connectivity index is 1.61. The number of hydrogen-bond acceptors (Lipinski definition) is 4. The molecule has 0 N–H and O–H groups in total. The fourth-order valence-corrected chi connectivity index (χ4v) is 3.73. The van der Waals surface area contributed by atoms with Crippen LogP contribution >= 0.6 is 11.8 Å². The molecule has 4 nitrogen and oxygen atoms in total. The van der Waals surface area contributed by atoms with Crippen LogP contribution in [0.15, 0.2) is 36.5 Å². The van der Waals surface area contributed by atoms with Crippen LogP contribution in [0.3, 0.4) is 0 Å². The van der Waals surface area contributed by atoms with Gasteiger partial charge in [-0.3, -0.25) is 14.6 Å². The first kappa shape index (κ1) is 15.0. The first-order chi connectivity index (χ1) is 10.6. The number of rotatable bonds is 4. The maximum atomic E-state index is 12.0. The van der Waals surface area contributed by atoms with E-state index in [0.717, 1.165) is 22.9 Å². The van der Waals surface area contributed by atoms with Crippen molar-refractivity contribution in [2.75, 3.05) is 13.1 Å². The van der Waals surface area contributed by atoms with Crippen molar-refractivity contribution in [3.05, 3.63) is 42.1 Å². The Kier molecular flexibility index (Phi) is 4.43. The number of thioether (sulfide) groups is 1. The molecule has 5 heteroatoms. The fraction of sp³-hybridized carbons (Fsp3) is 0.353. The van der Waals surface area contributed by atoms with E-state index in [4.69, 9.17) is 0 Å². The predicted molar refractivity (Wildman–Crippen MR) is 88.7 cm³/mol. The summed E-state index contributed by atoms with van der Waals surface area (Å²) >= 11 is 1.28. The van der Waals surface area contributed by atoms with E-state index in [9.17, 15) is 9.59 Å². The molecule has 0 bridgehead atoms. The van der Waals surface area contributed by atoms with Crippen LogP contribution in [0.4, 0.5) is 0 Å². The zero-order chi connectivity index (χ0) is 15.5. The van der Waals surface area contributed by atoms with Crippen molar-refractivity contribution in [1.82, 2.24) is 9.88 Å². The van der Waals surface area contributed by atoms with Gasteiger partial charge in [0.25, 0.3) is 0 Å². The molecule has 1 unspecified atom stereocenters. The Bertz CT molecular complexity index is 717. The molecule has 1 aromatic carbocycles. The summed E-state index contributed by atoms with van der Waals surface area (Å²) in [6.07, 6.45) is 3.14. The molecule has 0 spiro atoms. The Hall–Kier alpha value is -1.88. The number of hydrogen-bond donors (Lipinski definition) is 0. The molecule has 0 aliphatic carbocycles.